The van der Waals surface area contributed by atoms with Crippen LogP contribution in [0.5, 0.6) is 0 Å². The fourth-order valence-corrected chi connectivity index (χ4v) is 2.49. The summed E-state index contributed by atoms with van der Waals surface area (Å²) in [4.78, 5) is 11.2. The highest BCUT2D eigenvalue weighted by Gasteiger charge is 2.33. The van der Waals surface area contributed by atoms with Crippen LogP contribution in [0.15, 0.2) is 24.3 Å². The van der Waals surface area contributed by atoms with Crippen molar-refractivity contribution in [3.63, 3.8) is 0 Å². The monoisotopic (exact) mass is 311 g/mol. The lowest BCUT2D eigenvalue weighted by Gasteiger charge is -2.26. The number of hydrogen-bond acceptors (Lipinski definition) is 3. The van der Waals surface area contributed by atoms with Crippen molar-refractivity contribution in [2.75, 3.05) is 0 Å². The molecule has 0 spiro atoms. The molecule has 1 fully saturated rings. The highest BCUT2D eigenvalue weighted by molar-refractivity contribution is 5.87. The summed E-state index contributed by atoms with van der Waals surface area (Å²) in [7, 11) is 0. The number of hydrogen-bond donors (Lipinski definition) is 1. The zero-order chi connectivity index (χ0) is 15.9. The number of nitrogens with zero attached hydrogens (tertiary/aromatic N) is 3. The van der Waals surface area contributed by atoms with Gasteiger partial charge < -0.3 is 5.11 Å². The molecular formula is C14H12F3N3O2. The number of rotatable bonds is 3. The molecule has 116 valence electrons. The third-order valence-corrected chi connectivity index (χ3v) is 3.82. The van der Waals surface area contributed by atoms with Crippen LogP contribution in [0.1, 0.15) is 46.9 Å². The van der Waals surface area contributed by atoms with Crippen molar-refractivity contribution in [1.29, 1.82) is 0 Å². The Kier molecular flexibility index (Phi) is 3.38. The molecule has 1 aromatic carbocycles. The van der Waals surface area contributed by atoms with Gasteiger partial charge in [0.1, 0.15) is 0 Å². The number of carboxylic acids is 1. The summed E-state index contributed by atoms with van der Waals surface area (Å²) in [5.74, 6) is -1.25. The molecular weight excluding hydrogens is 299 g/mol. The summed E-state index contributed by atoms with van der Waals surface area (Å²) in [6.45, 7) is 0. The summed E-state index contributed by atoms with van der Waals surface area (Å²) >= 11 is 0. The zero-order valence-electron chi connectivity index (χ0n) is 11.3. The molecule has 5 nitrogen and oxygen atoms in total. The Morgan fingerprint density at radius 3 is 2.59 bits per heavy atom. The van der Waals surface area contributed by atoms with Crippen LogP contribution in [0.4, 0.5) is 13.2 Å². The number of aromatic nitrogens is 3. The second kappa shape index (κ2) is 5.11. The minimum atomic E-state index is -4.47. The maximum Gasteiger partial charge on any atom is 0.416 e. The Balaban J connectivity index is 2.10. The average Bonchev–Trinajstić information content (AvgIpc) is 2.80. The van der Waals surface area contributed by atoms with Crippen molar-refractivity contribution >= 4 is 5.97 Å². The molecule has 0 saturated heterocycles. The second-order valence-corrected chi connectivity index (χ2v) is 5.22. The second-order valence-electron chi connectivity index (χ2n) is 5.22. The van der Waals surface area contributed by atoms with E-state index in [1.165, 1.54) is 16.8 Å². The van der Waals surface area contributed by atoms with Crippen LogP contribution in [-0.4, -0.2) is 26.1 Å². The summed E-state index contributed by atoms with van der Waals surface area (Å²) in [5.41, 5.74) is -0.464. The molecule has 0 amide bonds. The molecule has 1 aliphatic rings. The van der Waals surface area contributed by atoms with Crippen molar-refractivity contribution < 1.29 is 23.1 Å². The highest BCUT2D eigenvalue weighted by atomic mass is 19.4. The molecule has 8 heteroatoms. The van der Waals surface area contributed by atoms with Crippen LogP contribution >= 0.6 is 0 Å². The van der Waals surface area contributed by atoms with Gasteiger partial charge in [0, 0.05) is 5.92 Å². The maximum absolute atomic E-state index is 12.8. The van der Waals surface area contributed by atoms with Crippen LogP contribution < -0.4 is 0 Å². The molecule has 3 rings (SSSR count). The molecule has 0 atom stereocenters. The molecule has 22 heavy (non-hydrogen) atoms. The molecule has 0 aliphatic heterocycles. The minimum Gasteiger partial charge on any atom is -0.476 e. The van der Waals surface area contributed by atoms with Crippen LogP contribution in [-0.2, 0) is 6.18 Å². The first-order valence-corrected chi connectivity index (χ1v) is 6.74. The smallest absolute Gasteiger partial charge is 0.416 e. The average molecular weight is 311 g/mol. The molecule has 0 radical (unpaired) electrons. The lowest BCUT2D eigenvalue weighted by molar-refractivity contribution is -0.137. The number of carbonyl (C=O) groups is 1. The van der Waals surface area contributed by atoms with Crippen molar-refractivity contribution in [2.24, 2.45) is 0 Å². The highest BCUT2D eigenvalue weighted by Crippen LogP contribution is 2.39. The fourth-order valence-electron chi connectivity index (χ4n) is 2.49. The molecule has 1 aromatic heterocycles. The van der Waals surface area contributed by atoms with E-state index in [1.807, 2.05) is 0 Å². The van der Waals surface area contributed by atoms with Gasteiger partial charge in [0.2, 0.25) is 0 Å². The first-order valence-electron chi connectivity index (χ1n) is 6.74. The van der Waals surface area contributed by atoms with Crippen molar-refractivity contribution in [3.8, 4) is 5.69 Å². The van der Waals surface area contributed by atoms with E-state index in [-0.39, 0.29) is 17.3 Å². The van der Waals surface area contributed by atoms with E-state index in [4.69, 9.17) is 0 Å². The van der Waals surface area contributed by atoms with E-state index in [1.54, 1.807) is 0 Å². The molecule has 2 aromatic rings. The van der Waals surface area contributed by atoms with Gasteiger partial charge in [-0.2, -0.15) is 13.2 Å². The van der Waals surface area contributed by atoms with Crippen molar-refractivity contribution in [1.82, 2.24) is 15.0 Å². The predicted octanol–water partition coefficient (Wildman–Crippen LogP) is 3.25. The molecule has 0 bridgehead atoms. The summed E-state index contributed by atoms with van der Waals surface area (Å²) in [6.07, 6.45) is -1.94. The van der Waals surface area contributed by atoms with Crippen LogP contribution in [0, 0.1) is 0 Å². The van der Waals surface area contributed by atoms with Gasteiger partial charge in [0.15, 0.2) is 5.69 Å². The molecule has 0 unspecified atom stereocenters. The van der Waals surface area contributed by atoms with Gasteiger partial charge in [-0.3, -0.25) is 0 Å². The van der Waals surface area contributed by atoms with Crippen molar-refractivity contribution in [2.45, 2.75) is 31.4 Å². The first kappa shape index (κ1) is 14.6. The molecule has 1 heterocycles. The largest absolute Gasteiger partial charge is 0.476 e. The van der Waals surface area contributed by atoms with E-state index in [0.29, 0.717) is 5.69 Å². The van der Waals surface area contributed by atoms with E-state index in [2.05, 4.69) is 10.3 Å². The van der Waals surface area contributed by atoms with E-state index >= 15 is 0 Å². The number of alkyl halides is 3. The normalized spacial score (nSPS) is 15.6. The zero-order valence-corrected chi connectivity index (χ0v) is 11.3. The predicted molar refractivity (Wildman–Crippen MR) is 69.9 cm³/mol. The summed E-state index contributed by atoms with van der Waals surface area (Å²) in [5, 5.41) is 16.6. The first-order chi connectivity index (χ1) is 10.4. The molecule has 1 N–H and O–H groups in total. The molecule has 1 saturated carbocycles. The summed E-state index contributed by atoms with van der Waals surface area (Å²) in [6, 6.07) is 4.63. The van der Waals surface area contributed by atoms with Crippen LogP contribution in [0.25, 0.3) is 5.69 Å². The Labute approximate surface area is 123 Å². The fraction of sp³-hybridized carbons (Fsp3) is 0.357. The lowest BCUT2D eigenvalue weighted by Crippen LogP contribution is -2.18. The topological polar surface area (TPSA) is 68.0 Å². The number of carboxylic acid groups (broad SMARTS) is 1. The van der Waals surface area contributed by atoms with Gasteiger partial charge in [-0.05, 0) is 31.0 Å². The Bertz CT molecular complexity index is 720. The van der Waals surface area contributed by atoms with Gasteiger partial charge in [-0.15, -0.1) is 5.10 Å². The van der Waals surface area contributed by atoms with Gasteiger partial charge in [0.05, 0.1) is 16.9 Å². The molecule has 1 aliphatic carbocycles. The van der Waals surface area contributed by atoms with Crippen molar-refractivity contribution in [3.05, 3.63) is 41.2 Å². The van der Waals surface area contributed by atoms with Crippen LogP contribution in [0.3, 0.4) is 0 Å². The number of halogens is 3. The van der Waals surface area contributed by atoms with E-state index in [0.717, 1.165) is 31.4 Å². The standard InChI is InChI=1S/C14H12F3N3O2/c15-14(16,17)9-5-2-6-10(7-9)20-12(8-3-1-4-8)11(13(21)22)18-19-20/h2,5-8H,1,3-4H2,(H,21,22). The maximum atomic E-state index is 12.8. The van der Waals surface area contributed by atoms with E-state index in [9.17, 15) is 23.1 Å². The minimum absolute atomic E-state index is 0.0318. The lowest BCUT2D eigenvalue weighted by atomic mass is 9.82. The van der Waals surface area contributed by atoms with Gasteiger partial charge in [-0.1, -0.05) is 17.7 Å². The number of benzene rings is 1. The van der Waals surface area contributed by atoms with E-state index < -0.39 is 17.7 Å². The Morgan fingerprint density at radius 1 is 1.32 bits per heavy atom. The quantitative estimate of drug-likeness (QED) is 0.945. The SMILES string of the molecule is O=C(O)c1nnn(-c2cccc(C(F)(F)F)c2)c1C1CCC1. The van der Waals surface area contributed by atoms with Gasteiger partial charge in [-0.25, -0.2) is 9.48 Å². The van der Waals surface area contributed by atoms with Gasteiger partial charge in [0.25, 0.3) is 0 Å². The Hall–Kier alpha value is -2.38. The third kappa shape index (κ3) is 2.44. The van der Waals surface area contributed by atoms with Gasteiger partial charge >= 0.3 is 12.1 Å². The summed E-state index contributed by atoms with van der Waals surface area (Å²) < 4.78 is 39.7. The third-order valence-electron chi connectivity index (χ3n) is 3.82. The Morgan fingerprint density at radius 2 is 2.05 bits per heavy atom. The van der Waals surface area contributed by atoms with Crippen LogP contribution in [0.2, 0.25) is 0 Å². The number of aromatic carboxylic acids is 1.